The number of anilines is 1. The van der Waals surface area contributed by atoms with Crippen molar-refractivity contribution in [1.29, 1.82) is 0 Å². The quantitative estimate of drug-likeness (QED) is 0.835. The molecule has 1 heterocycles. The molecule has 23 heavy (non-hydrogen) atoms. The zero-order chi connectivity index (χ0) is 16.3. The van der Waals surface area contributed by atoms with E-state index >= 15 is 0 Å². The van der Waals surface area contributed by atoms with Crippen LogP contribution in [-0.2, 0) is 0 Å². The molecule has 1 saturated carbocycles. The number of hydrogen-bond donors (Lipinski definition) is 2. The predicted molar refractivity (Wildman–Crippen MR) is 93.7 cm³/mol. The first-order chi connectivity index (χ1) is 11.1. The minimum atomic E-state index is -0.425. The average molecular weight is 313 g/mol. The van der Waals surface area contributed by atoms with E-state index in [2.05, 4.69) is 16.6 Å². The summed E-state index contributed by atoms with van der Waals surface area (Å²) in [5.74, 6) is 1.42. The molecule has 0 amide bonds. The van der Waals surface area contributed by atoms with E-state index in [0.717, 1.165) is 37.1 Å². The molecule has 6 heteroatoms. The summed E-state index contributed by atoms with van der Waals surface area (Å²) in [5.41, 5.74) is 12.6. The number of ether oxygens (including phenoxy) is 1. The summed E-state index contributed by atoms with van der Waals surface area (Å²) in [6, 6.07) is 7.81. The molecule has 0 unspecified atom stereocenters. The third-order valence-electron chi connectivity index (χ3n) is 4.30. The highest BCUT2D eigenvalue weighted by Gasteiger charge is 2.42. The third-order valence-corrected chi connectivity index (χ3v) is 4.30. The van der Waals surface area contributed by atoms with Gasteiger partial charge in [0.05, 0.1) is 0 Å². The predicted octanol–water partition coefficient (Wildman–Crippen LogP) is 2.36. The molecule has 0 aromatic heterocycles. The lowest BCUT2D eigenvalue weighted by Gasteiger charge is -2.45. The first-order valence-corrected chi connectivity index (χ1v) is 7.98. The van der Waals surface area contributed by atoms with Crippen LogP contribution in [0.5, 0.6) is 5.75 Å². The topological polar surface area (TPSA) is 89.2 Å². The SMILES string of the molecule is C=CCOc1cccc(N2C(N)=NC(N)=NC23CCCCC3)c1. The Morgan fingerprint density at radius 3 is 2.78 bits per heavy atom. The monoisotopic (exact) mass is 313 g/mol. The van der Waals surface area contributed by atoms with Crippen LogP contribution in [0.25, 0.3) is 0 Å². The van der Waals surface area contributed by atoms with Crippen LogP contribution in [0, 0.1) is 0 Å². The number of hydrogen-bond acceptors (Lipinski definition) is 6. The Morgan fingerprint density at radius 2 is 2.04 bits per heavy atom. The van der Waals surface area contributed by atoms with Gasteiger partial charge in [0.2, 0.25) is 11.9 Å². The summed E-state index contributed by atoms with van der Waals surface area (Å²) < 4.78 is 5.63. The van der Waals surface area contributed by atoms with E-state index in [1.54, 1.807) is 6.08 Å². The fraction of sp³-hybridized carbons (Fsp3) is 0.412. The van der Waals surface area contributed by atoms with Gasteiger partial charge < -0.3 is 16.2 Å². The molecule has 0 atom stereocenters. The van der Waals surface area contributed by atoms with Crippen molar-refractivity contribution in [2.75, 3.05) is 11.5 Å². The lowest BCUT2D eigenvalue weighted by atomic mass is 9.87. The van der Waals surface area contributed by atoms with Crippen molar-refractivity contribution < 1.29 is 4.74 Å². The smallest absolute Gasteiger partial charge is 0.220 e. The number of aliphatic imine (C=N–C) groups is 2. The maximum atomic E-state index is 6.22. The van der Waals surface area contributed by atoms with Gasteiger partial charge in [-0.25, -0.2) is 4.99 Å². The Balaban J connectivity index is 1.98. The van der Waals surface area contributed by atoms with Gasteiger partial charge >= 0.3 is 0 Å². The van der Waals surface area contributed by atoms with E-state index in [1.165, 1.54) is 6.42 Å². The first-order valence-electron chi connectivity index (χ1n) is 7.98. The molecule has 1 aromatic carbocycles. The highest BCUT2D eigenvalue weighted by Crippen LogP contribution is 2.40. The molecule has 1 spiro atoms. The van der Waals surface area contributed by atoms with Crippen LogP contribution in [0.15, 0.2) is 46.9 Å². The molecule has 0 radical (unpaired) electrons. The molecule has 3 rings (SSSR count). The van der Waals surface area contributed by atoms with Crippen LogP contribution < -0.4 is 21.1 Å². The van der Waals surface area contributed by atoms with Gasteiger partial charge in [0.25, 0.3) is 0 Å². The summed E-state index contributed by atoms with van der Waals surface area (Å²) in [6.07, 6.45) is 6.98. The van der Waals surface area contributed by atoms with E-state index in [1.807, 2.05) is 29.2 Å². The second-order valence-corrected chi connectivity index (χ2v) is 5.92. The van der Waals surface area contributed by atoms with Crippen molar-refractivity contribution in [2.24, 2.45) is 21.5 Å². The van der Waals surface area contributed by atoms with Gasteiger partial charge in [-0.3, -0.25) is 4.90 Å². The normalized spacial score (nSPS) is 19.9. The number of guanidine groups is 2. The fourth-order valence-corrected chi connectivity index (χ4v) is 3.36. The maximum absolute atomic E-state index is 6.22. The molecule has 1 aliphatic carbocycles. The van der Waals surface area contributed by atoms with Crippen LogP contribution in [0.3, 0.4) is 0 Å². The lowest BCUT2D eigenvalue weighted by Crippen LogP contribution is -2.58. The molecule has 1 fully saturated rings. The molecular formula is C17H23N5O. The standard InChI is InChI=1S/C17H23N5O/c1-2-11-23-14-8-6-7-13(12-14)22-16(19)20-15(18)21-17(22)9-4-3-5-10-17/h2,6-8,12H,1,3-5,9-11H2,(H4,18,19,20,21). The largest absolute Gasteiger partial charge is 0.489 e. The molecule has 4 N–H and O–H groups in total. The van der Waals surface area contributed by atoms with Gasteiger partial charge in [-0.2, -0.15) is 4.99 Å². The Labute approximate surface area is 136 Å². The van der Waals surface area contributed by atoms with Gasteiger partial charge in [-0.15, -0.1) is 0 Å². The van der Waals surface area contributed by atoms with Gasteiger partial charge in [-0.05, 0) is 37.8 Å². The third kappa shape index (κ3) is 3.02. The number of nitrogens with zero attached hydrogens (tertiary/aromatic N) is 3. The molecule has 6 nitrogen and oxygen atoms in total. The summed E-state index contributed by atoms with van der Waals surface area (Å²) in [4.78, 5) is 10.8. The van der Waals surface area contributed by atoms with Crippen molar-refractivity contribution >= 4 is 17.6 Å². The highest BCUT2D eigenvalue weighted by atomic mass is 16.5. The van der Waals surface area contributed by atoms with Crippen molar-refractivity contribution in [3.63, 3.8) is 0 Å². The zero-order valence-corrected chi connectivity index (χ0v) is 13.2. The minimum absolute atomic E-state index is 0.264. The van der Waals surface area contributed by atoms with Crippen LogP contribution in [0.1, 0.15) is 32.1 Å². The summed E-state index contributed by atoms with van der Waals surface area (Å²) >= 11 is 0. The van der Waals surface area contributed by atoms with Crippen LogP contribution in [-0.4, -0.2) is 24.2 Å². The van der Waals surface area contributed by atoms with Crippen LogP contribution in [0.4, 0.5) is 5.69 Å². The Morgan fingerprint density at radius 1 is 1.26 bits per heavy atom. The number of benzene rings is 1. The number of rotatable bonds is 4. The van der Waals surface area contributed by atoms with E-state index in [9.17, 15) is 0 Å². The second-order valence-electron chi connectivity index (χ2n) is 5.92. The van der Waals surface area contributed by atoms with Crippen LogP contribution >= 0.6 is 0 Å². The Kier molecular flexibility index (Phi) is 4.23. The molecule has 0 saturated heterocycles. The molecule has 1 aromatic rings. The van der Waals surface area contributed by atoms with Gasteiger partial charge in [0, 0.05) is 11.8 Å². The molecule has 2 aliphatic rings. The van der Waals surface area contributed by atoms with Crippen molar-refractivity contribution in [2.45, 2.75) is 37.8 Å². The van der Waals surface area contributed by atoms with E-state index in [4.69, 9.17) is 16.2 Å². The Hall–Kier alpha value is -2.50. The maximum Gasteiger partial charge on any atom is 0.220 e. The summed E-state index contributed by atoms with van der Waals surface area (Å²) in [5, 5.41) is 0. The van der Waals surface area contributed by atoms with Gasteiger partial charge in [-0.1, -0.05) is 25.1 Å². The lowest BCUT2D eigenvalue weighted by molar-refractivity contribution is 0.305. The van der Waals surface area contributed by atoms with Crippen molar-refractivity contribution in [3.05, 3.63) is 36.9 Å². The minimum Gasteiger partial charge on any atom is -0.489 e. The zero-order valence-electron chi connectivity index (χ0n) is 13.2. The van der Waals surface area contributed by atoms with E-state index in [-0.39, 0.29) is 5.96 Å². The van der Waals surface area contributed by atoms with Gasteiger partial charge in [0.15, 0.2) is 0 Å². The molecule has 0 bridgehead atoms. The van der Waals surface area contributed by atoms with Gasteiger partial charge in [0.1, 0.15) is 18.0 Å². The second kappa shape index (κ2) is 6.32. The molecule has 1 aliphatic heterocycles. The van der Waals surface area contributed by atoms with Crippen LogP contribution in [0.2, 0.25) is 0 Å². The number of nitrogens with two attached hydrogens (primary N) is 2. The van der Waals surface area contributed by atoms with Crippen molar-refractivity contribution in [1.82, 2.24) is 0 Å². The van der Waals surface area contributed by atoms with E-state index < -0.39 is 5.66 Å². The summed E-state index contributed by atoms with van der Waals surface area (Å²) in [6.45, 7) is 4.13. The summed E-state index contributed by atoms with van der Waals surface area (Å²) in [7, 11) is 0. The Bertz CT molecular complexity index is 646. The average Bonchev–Trinajstić information content (AvgIpc) is 2.53. The van der Waals surface area contributed by atoms with Crippen molar-refractivity contribution in [3.8, 4) is 5.75 Å². The fourth-order valence-electron chi connectivity index (χ4n) is 3.36. The first kappa shape index (κ1) is 15.4. The highest BCUT2D eigenvalue weighted by molar-refractivity contribution is 6.05. The van der Waals surface area contributed by atoms with E-state index in [0.29, 0.717) is 12.6 Å². The molecule has 122 valence electrons. The molecular weight excluding hydrogens is 290 g/mol.